The van der Waals surface area contributed by atoms with Crippen molar-refractivity contribution in [2.45, 2.75) is 26.8 Å². The highest BCUT2D eigenvalue weighted by molar-refractivity contribution is 5.53. The fourth-order valence-electron chi connectivity index (χ4n) is 2.52. The van der Waals surface area contributed by atoms with Gasteiger partial charge < -0.3 is 10.6 Å². The summed E-state index contributed by atoms with van der Waals surface area (Å²) in [6, 6.07) is 17.3. The third-order valence-electron chi connectivity index (χ3n) is 3.54. The molecular formula is C18H24N2. The first-order valence-electron chi connectivity index (χ1n) is 7.27. The van der Waals surface area contributed by atoms with Gasteiger partial charge in [0.1, 0.15) is 0 Å². The van der Waals surface area contributed by atoms with Gasteiger partial charge in [0.05, 0.1) is 0 Å². The van der Waals surface area contributed by atoms with Crippen LogP contribution in [0.2, 0.25) is 0 Å². The van der Waals surface area contributed by atoms with Crippen molar-refractivity contribution in [2.24, 2.45) is 5.73 Å². The van der Waals surface area contributed by atoms with E-state index in [0.717, 1.165) is 26.1 Å². The van der Waals surface area contributed by atoms with E-state index in [4.69, 9.17) is 5.73 Å². The number of hydrogen-bond donors (Lipinski definition) is 1. The Morgan fingerprint density at radius 3 is 2.50 bits per heavy atom. The van der Waals surface area contributed by atoms with Crippen LogP contribution in [0.5, 0.6) is 0 Å². The fraction of sp³-hybridized carbons (Fsp3) is 0.333. The summed E-state index contributed by atoms with van der Waals surface area (Å²) in [5.41, 5.74) is 11.0. The third kappa shape index (κ3) is 3.84. The van der Waals surface area contributed by atoms with Crippen LogP contribution in [0, 0.1) is 13.8 Å². The van der Waals surface area contributed by atoms with Crippen molar-refractivity contribution >= 4 is 5.69 Å². The molecule has 2 aromatic carbocycles. The van der Waals surface area contributed by atoms with Gasteiger partial charge in [-0.1, -0.05) is 48.0 Å². The second-order valence-electron chi connectivity index (χ2n) is 5.34. The number of benzene rings is 2. The van der Waals surface area contributed by atoms with Crippen LogP contribution in [0.4, 0.5) is 5.69 Å². The molecule has 0 aliphatic rings. The topological polar surface area (TPSA) is 29.3 Å². The van der Waals surface area contributed by atoms with E-state index in [2.05, 4.69) is 67.3 Å². The van der Waals surface area contributed by atoms with Gasteiger partial charge in [0.15, 0.2) is 0 Å². The monoisotopic (exact) mass is 268 g/mol. The molecule has 0 aromatic heterocycles. The first-order valence-corrected chi connectivity index (χ1v) is 7.27. The van der Waals surface area contributed by atoms with E-state index in [-0.39, 0.29) is 0 Å². The highest BCUT2D eigenvalue weighted by Crippen LogP contribution is 2.22. The summed E-state index contributed by atoms with van der Waals surface area (Å²) in [5.74, 6) is 0. The summed E-state index contributed by atoms with van der Waals surface area (Å²) in [6.45, 7) is 6.97. The normalized spacial score (nSPS) is 10.6. The molecule has 0 saturated heterocycles. The number of nitrogens with two attached hydrogens (primary N) is 1. The lowest BCUT2D eigenvalue weighted by Crippen LogP contribution is -2.26. The SMILES string of the molecule is Cc1cccc(CN(CCCN)c2ccccc2C)c1. The molecule has 0 amide bonds. The molecule has 0 unspecified atom stereocenters. The summed E-state index contributed by atoms with van der Waals surface area (Å²) in [7, 11) is 0. The highest BCUT2D eigenvalue weighted by atomic mass is 15.1. The summed E-state index contributed by atoms with van der Waals surface area (Å²) in [4.78, 5) is 2.43. The number of anilines is 1. The zero-order valence-corrected chi connectivity index (χ0v) is 12.5. The summed E-state index contributed by atoms with van der Waals surface area (Å²) < 4.78 is 0. The predicted molar refractivity (Wildman–Crippen MR) is 87.1 cm³/mol. The van der Waals surface area contributed by atoms with Crippen molar-refractivity contribution in [3.8, 4) is 0 Å². The molecule has 0 radical (unpaired) electrons. The lowest BCUT2D eigenvalue weighted by molar-refractivity contribution is 0.733. The van der Waals surface area contributed by atoms with Crippen LogP contribution in [-0.2, 0) is 6.54 Å². The maximum absolute atomic E-state index is 5.68. The fourth-order valence-corrected chi connectivity index (χ4v) is 2.52. The molecule has 0 fully saturated rings. The zero-order valence-electron chi connectivity index (χ0n) is 12.5. The smallest absolute Gasteiger partial charge is 0.0429 e. The van der Waals surface area contributed by atoms with Crippen molar-refractivity contribution in [3.63, 3.8) is 0 Å². The Kier molecular flexibility index (Phi) is 5.19. The summed E-state index contributed by atoms with van der Waals surface area (Å²) in [6.07, 6.45) is 1.01. The predicted octanol–water partition coefficient (Wildman–Crippen LogP) is 3.66. The molecule has 20 heavy (non-hydrogen) atoms. The van der Waals surface area contributed by atoms with Crippen LogP contribution in [0.3, 0.4) is 0 Å². The van der Waals surface area contributed by atoms with E-state index in [0.29, 0.717) is 0 Å². The molecule has 2 rings (SSSR count). The highest BCUT2D eigenvalue weighted by Gasteiger charge is 2.09. The number of para-hydroxylation sites is 1. The Labute approximate surface area is 122 Å². The summed E-state index contributed by atoms with van der Waals surface area (Å²) in [5, 5.41) is 0. The minimum Gasteiger partial charge on any atom is -0.367 e. The molecule has 2 nitrogen and oxygen atoms in total. The Bertz CT molecular complexity index is 549. The average molecular weight is 268 g/mol. The van der Waals surface area contributed by atoms with Gasteiger partial charge in [-0.3, -0.25) is 0 Å². The van der Waals surface area contributed by atoms with E-state index >= 15 is 0 Å². The molecule has 0 atom stereocenters. The van der Waals surface area contributed by atoms with Crippen LogP contribution >= 0.6 is 0 Å². The van der Waals surface area contributed by atoms with Gasteiger partial charge >= 0.3 is 0 Å². The van der Waals surface area contributed by atoms with E-state index in [1.54, 1.807) is 0 Å². The second kappa shape index (κ2) is 7.11. The standard InChI is InChI=1S/C18H24N2/c1-15-7-5-9-17(13-15)14-20(12-6-11-19)18-10-4-3-8-16(18)2/h3-5,7-10,13H,6,11-12,14,19H2,1-2H3. The minimum atomic E-state index is 0.732. The molecule has 106 valence electrons. The number of aryl methyl sites for hydroxylation is 2. The van der Waals surface area contributed by atoms with E-state index in [1.165, 1.54) is 22.4 Å². The van der Waals surface area contributed by atoms with Crippen LogP contribution in [0.1, 0.15) is 23.1 Å². The van der Waals surface area contributed by atoms with Gasteiger partial charge in [-0.15, -0.1) is 0 Å². The lowest BCUT2D eigenvalue weighted by atomic mass is 10.1. The van der Waals surface area contributed by atoms with Gasteiger partial charge in [-0.2, -0.15) is 0 Å². The summed E-state index contributed by atoms with van der Waals surface area (Å²) >= 11 is 0. The van der Waals surface area contributed by atoms with E-state index in [9.17, 15) is 0 Å². The molecule has 2 aromatic rings. The Morgan fingerprint density at radius 1 is 1.00 bits per heavy atom. The van der Waals surface area contributed by atoms with Crippen LogP contribution < -0.4 is 10.6 Å². The largest absolute Gasteiger partial charge is 0.367 e. The van der Waals surface area contributed by atoms with Crippen molar-refractivity contribution in [2.75, 3.05) is 18.0 Å². The van der Waals surface area contributed by atoms with Crippen LogP contribution in [0.25, 0.3) is 0 Å². The minimum absolute atomic E-state index is 0.732. The number of rotatable bonds is 6. The molecule has 0 aliphatic carbocycles. The Morgan fingerprint density at radius 2 is 1.80 bits per heavy atom. The Hall–Kier alpha value is -1.80. The van der Waals surface area contributed by atoms with E-state index < -0.39 is 0 Å². The number of nitrogens with zero attached hydrogens (tertiary/aromatic N) is 1. The van der Waals surface area contributed by atoms with Gasteiger partial charge in [-0.25, -0.2) is 0 Å². The van der Waals surface area contributed by atoms with Gasteiger partial charge in [0.25, 0.3) is 0 Å². The first kappa shape index (κ1) is 14.6. The van der Waals surface area contributed by atoms with Crippen molar-refractivity contribution in [1.29, 1.82) is 0 Å². The maximum Gasteiger partial charge on any atom is 0.0429 e. The Balaban J connectivity index is 2.22. The van der Waals surface area contributed by atoms with Crippen LogP contribution in [-0.4, -0.2) is 13.1 Å². The van der Waals surface area contributed by atoms with Gasteiger partial charge in [0.2, 0.25) is 0 Å². The second-order valence-corrected chi connectivity index (χ2v) is 5.34. The van der Waals surface area contributed by atoms with Gasteiger partial charge in [0, 0.05) is 18.8 Å². The molecule has 0 spiro atoms. The molecule has 0 saturated carbocycles. The van der Waals surface area contributed by atoms with Gasteiger partial charge in [-0.05, 0) is 44.0 Å². The molecule has 0 bridgehead atoms. The zero-order chi connectivity index (χ0) is 14.4. The molecule has 0 heterocycles. The van der Waals surface area contributed by atoms with Crippen molar-refractivity contribution < 1.29 is 0 Å². The average Bonchev–Trinajstić information content (AvgIpc) is 2.44. The molecular weight excluding hydrogens is 244 g/mol. The molecule has 2 heteroatoms. The molecule has 2 N–H and O–H groups in total. The van der Waals surface area contributed by atoms with Crippen molar-refractivity contribution in [1.82, 2.24) is 0 Å². The van der Waals surface area contributed by atoms with Crippen molar-refractivity contribution in [3.05, 3.63) is 65.2 Å². The van der Waals surface area contributed by atoms with Crippen LogP contribution in [0.15, 0.2) is 48.5 Å². The quantitative estimate of drug-likeness (QED) is 0.866. The number of hydrogen-bond acceptors (Lipinski definition) is 2. The maximum atomic E-state index is 5.68. The third-order valence-corrected chi connectivity index (χ3v) is 3.54. The lowest BCUT2D eigenvalue weighted by Gasteiger charge is -2.26. The van der Waals surface area contributed by atoms with E-state index in [1.807, 2.05) is 0 Å². The molecule has 0 aliphatic heterocycles. The first-order chi connectivity index (χ1) is 9.70.